The van der Waals surface area contributed by atoms with Gasteiger partial charge in [-0.1, -0.05) is 32.0 Å². The molecule has 0 spiro atoms. The van der Waals surface area contributed by atoms with E-state index in [2.05, 4.69) is 37.1 Å². The lowest BCUT2D eigenvalue weighted by atomic mass is 9.90. The van der Waals surface area contributed by atoms with Gasteiger partial charge in [0.15, 0.2) is 11.6 Å². The van der Waals surface area contributed by atoms with Crippen LogP contribution in [0.4, 0.5) is 4.39 Å². The average Bonchev–Trinajstić information content (AvgIpc) is 3.11. The molecule has 2 aromatic carbocycles. The molecule has 0 aliphatic heterocycles. The zero-order valence-electron chi connectivity index (χ0n) is 16.5. The summed E-state index contributed by atoms with van der Waals surface area (Å²) in [6, 6.07) is 13.5. The maximum absolute atomic E-state index is 13.9. The van der Waals surface area contributed by atoms with Crippen LogP contribution in [0, 0.1) is 12.7 Å². The number of rotatable bonds is 7. The first-order chi connectivity index (χ1) is 13.1. The quantitative estimate of drug-likeness (QED) is 0.491. The summed E-state index contributed by atoms with van der Waals surface area (Å²) >= 11 is 0. The molecule has 0 saturated heterocycles. The van der Waals surface area contributed by atoms with E-state index >= 15 is 0 Å². The molecule has 0 atom stereocenters. The first-order valence-electron chi connectivity index (χ1n) is 9.66. The molecule has 0 saturated carbocycles. The molecule has 3 rings (SSSR count). The Kier molecular flexibility index (Phi) is 5.94. The second-order valence-corrected chi connectivity index (χ2v) is 6.77. The standard InChI is InChI=1S/C23H27FN2O/c1-5-17(6-2)20-10-8-18(14-22(20)26-13-12-16(4)25-26)19-9-11-21(24)23(15-19)27-7-3/h8-15,17H,5-7H2,1-4H3. The van der Waals surface area contributed by atoms with Crippen molar-refractivity contribution in [2.24, 2.45) is 0 Å². The van der Waals surface area contributed by atoms with Crippen LogP contribution in [0.15, 0.2) is 48.7 Å². The normalized spacial score (nSPS) is 11.2. The Bertz CT molecular complexity index is 912. The zero-order valence-corrected chi connectivity index (χ0v) is 16.5. The van der Waals surface area contributed by atoms with Crippen LogP contribution < -0.4 is 4.74 Å². The third-order valence-electron chi connectivity index (χ3n) is 4.99. The fourth-order valence-electron chi connectivity index (χ4n) is 3.49. The number of hydrogen-bond donors (Lipinski definition) is 0. The Morgan fingerprint density at radius 2 is 1.70 bits per heavy atom. The zero-order chi connectivity index (χ0) is 19.4. The molecule has 0 aliphatic rings. The molecular formula is C23H27FN2O. The van der Waals surface area contributed by atoms with Crippen LogP contribution in [0.3, 0.4) is 0 Å². The van der Waals surface area contributed by atoms with Gasteiger partial charge in [-0.2, -0.15) is 5.10 Å². The molecule has 0 unspecified atom stereocenters. The second-order valence-electron chi connectivity index (χ2n) is 6.77. The van der Waals surface area contributed by atoms with Crippen molar-refractivity contribution >= 4 is 0 Å². The Morgan fingerprint density at radius 1 is 1.00 bits per heavy atom. The molecule has 142 valence electrons. The number of aryl methyl sites for hydroxylation is 1. The minimum Gasteiger partial charge on any atom is -0.491 e. The maximum atomic E-state index is 13.9. The predicted molar refractivity (Wildman–Crippen MR) is 108 cm³/mol. The van der Waals surface area contributed by atoms with E-state index in [0.717, 1.165) is 35.3 Å². The summed E-state index contributed by atoms with van der Waals surface area (Å²) in [7, 11) is 0. The van der Waals surface area contributed by atoms with Gasteiger partial charge < -0.3 is 4.74 Å². The van der Waals surface area contributed by atoms with Gasteiger partial charge in [-0.05, 0) is 73.6 Å². The third-order valence-corrected chi connectivity index (χ3v) is 4.99. The Labute approximate surface area is 160 Å². The molecule has 3 aromatic rings. The van der Waals surface area contributed by atoms with E-state index in [0.29, 0.717) is 12.5 Å². The summed E-state index contributed by atoms with van der Waals surface area (Å²) in [4.78, 5) is 0. The SMILES string of the molecule is CCOc1cc(-c2ccc(C(CC)CC)c(-n3ccc(C)n3)c2)ccc1F. The van der Waals surface area contributed by atoms with E-state index in [9.17, 15) is 4.39 Å². The summed E-state index contributed by atoms with van der Waals surface area (Å²) < 4.78 is 21.3. The van der Waals surface area contributed by atoms with Crippen LogP contribution in [-0.2, 0) is 0 Å². The Morgan fingerprint density at radius 3 is 2.33 bits per heavy atom. The molecule has 0 fully saturated rings. The summed E-state index contributed by atoms with van der Waals surface area (Å²) in [5.41, 5.74) is 5.31. The minimum absolute atomic E-state index is 0.288. The monoisotopic (exact) mass is 366 g/mol. The van der Waals surface area contributed by atoms with E-state index in [1.54, 1.807) is 12.1 Å². The van der Waals surface area contributed by atoms with Crippen molar-refractivity contribution in [1.29, 1.82) is 0 Å². The van der Waals surface area contributed by atoms with Gasteiger partial charge in [0.25, 0.3) is 0 Å². The lowest BCUT2D eigenvalue weighted by molar-refractivity contribution is 0.322. The fraction of sp³-hybridized carbons (Fsp3) is 0.348. The number of hydrogen-bond acceptors (Lipinski definition) is 2. The van der Waals surface area contributed by atoms with Crippen LogP contribution in [-0.4, -0.2) is 16.4 Å². The molecule has 0 bridgehead atoms. The molecule has 27 heavy (non-hydrogen) atoms. The van der Waals surface area contributed by atoms with E-state index in [1.807, 2.05) is 30.8 Å². The van der Waals surface area contributed by atoms with Crippen molar-refractivity contribution < 1.29 is 9.13 Å². The summed E-state index contributed by atoms with van der Waals surface area (Å²) in [5.74, 6) is 0.429. The van der Waals surface area contributed by atoms with E-state index < -0.39 is 0 Å². The summed E-state index contributed by atoms with van der Waals surface area (Å²) in [5, 5.41) is 4.62. The maximum Gasteiger partial charge on any atom is 0.165 e. The first kappa shape index (κ1) is 19.2. The van der Waals surface area contributed by atoms with Crippen LogP contribution in [0.2, 0.25) is 0 Å². The van der Waals surface area contributed by atoms with Gasteiger partial charge in [0.1, 0.15) is 0 Å². The summed E-state index contributed by atoms with van der Waals surface area (Å²) in [6.07, 6.45) is 4.15. The predicted octanol–water partition coefficient (Wildman–Crippen LogP) is 6.29. The molecule has 3 nitrogen and oxygen atoms in total. The molecule has 1 aromatic heterocycles. The lowest BCUT2D eigenvalue weighted by Crippen LogP contribution is -2.05. The van der Waals surface area contributed by atoms with Crippen LogP contribution >= 0.6 is 0 Å². The number of halogens is 1. The van der Waals surface area contributed by atoms with Gasteiger partial charge in [-0.15, -0.1) is 0 Å². The highest BCUT2D eigenvalue weighted by atomic mass is 19.1. The van der Waals surface area contributed by atoms with Gasteiger partial charge in [-0.3, -0.25) is 0 Å². The van der Waals surface area contributed by atoms with Gasteiger partial charge in [-0.25, -0.2) is 9.07 Å². The molecule has 1 heterocycles. The van der Waals surface area contributed by atoms with Crippen molar-refractivity contribution in [2.75, 3.05) is 6.61 Å². The molecular weight excluding hydrogens is 339 g/mol. The molecule has 0 N–H and O–H groups in total. The van der Waals surface area contributed by atoms with E-state index in [-0.39, 0.29) is 11.6 Å². The number of ether oxygens (including phenoxy) is 1. The van der Waals surface area contributed by atoms with Crippen molar-refractivity contribution in [1.82, 2.24) is 9.78 Å². The number of aromatic nitrogens is 2. The van der Waals surface area contributed by atoms with Crippen molar-refractivity contribution in [2.45, 2.75) is 46.5 Å². The lowest BCUT2D eigenvalue weighted by Gasteiger charge is -2.19. The van der Waals surface area contributed by atoms with Gasteiger partial charge in [0.05, 0.1) is 18.0 Å². The smallest absolute Gasteiger partial charge is 0.165 e. The molecule has 0 aliphatic carbocycles. The minimum atomic E-state index is -0.336. The first-order valence-corrected chi connectivity index (χ1v) is 9.66. The highest BCUT2D eigenvalue weighted by Crippen LogP contribution is 2.33. The highest BCUT2D eigenvalue weighted by molar-refractivity contribution is 5.69. The topological polar surface area (TPSA) is 27.1 Å². The second kappa shape index (κ2) is 8.38. The molecule has 0 radical (unpaired) electrons. The highest BCUT2D eigenvalue weighted by Gasteiger charge is 2.16. The van der Waals surface area contributed by atoms with Gasteiger partial charge in [0.2, 0.25) is 0 Å². The van der Waals surface area contributed by atoms with Crippen molar-refractivity contribution in [3.8, 4) is 22.6 Å². The number of nitrogens with zero attached hydrogens (tertiary/aromatic N) is 2. The van der Waals surface area contributed by atoms with Crippen molar-refractivity contribution in [3.05, 3.63) is 65.7 Å². The van der Waals surface area contributed by atoms with E-state index in [1.165, 1.54) is 11.6 Å². The largest absolute Gasteiger partial charge is 0.491 e. The third kappa shape index (κ3) is 4.05. The summed E-state index contributed by atoms with van der Waals surface area (Å²) in [6.45, 7) is 8.72. The number of benzene rings is 2. The Hall–Kier alpha value is -2.62. The molecule has 0 amide bonds. The van der Waals surface area contributed by atoms with E-state index in [4.69, 9.17) is 4.74 Å². The van der Waals surface area contributed by atoms with Crippen LogP contribution in [0.1, 0.15) is 50.8 Å². The Balaban J connectivity index is 2.12. The average molecular weight is 366 g/mol. The molecule has 4 heteroatoms. The fourth-order valence-corrected chi connectivity index (χ4v) is 3.49. The van der Waals surface area contributed by atoms with Gasteiger partial charge >= 0.3 is 0 Å². The van der Waals surface area contributed by atoms with Gasteiger partial charge in [0, 0.05) is 6.20 Å². The van der Waals surface area contributed by atoms with Crippen molar-refractivity contribution in [3.63, 3.8) is 0 Å². The van der Waals surface area contributed by atoms with Crippen LogP contribution in [0.25, 0.3) is 16.8 Å². The van der Waals surface area contributed by atoms with Crippen LogP contribution in [0.5, 0.6) is 5.75 Å².